The molecular formula is C22H29N3O4. The number of piperidine rings is 1. The first kappa shape index (κ1) is 19.7. The van der Waals surface area contributed by atoms with Crippen molar-refractivity contribution in [2.24, 2.45) is 5.92 Å². The lowest BCUT2D eigenvalue weighted by Gasteiger charge is -2.33. The Kier molecular flexibility index (Phi) is 5.74. The highest BCUT2D eigenvalue weighted by atomic mass is 16.5. The normalized spacial score (nSPS) is 19.9. The van der Waals surface area contributed by atoms with Crippen molar-refractivity contribution in [2.45, 2.75) is 39.0 Å². The first-order valence-electron chi connectivity index (χ1n) is 10.7. The van der Waals surface area contributed by atoms with Gasteiger partial charge in [-0.05, 0) is 49.8 Å². The molecule has 2 fully saturated rings. The number of likely N-dealkylation sites (tertiary alicyclic amines) is 2. The van der Waals surface area contributed by atoms with Gasteiger partial charge in [0.15, 0.2) is 6.61 Å². The molecule has 3 heterocycles. The van der Waals surface area contributed by atoms with Gasteiger partial charge in [0.1, 0.15) is 12.3 Å². The van der Waals surface area contributed by atoms with E-state index in [1.54, 1.807) is 23.1 Å². The molecule has 7 heteroatoms. The summed E-state index contributed by atoms with van der Waals surface area (Å²) in [5, 5.41) is 0. The second-order valence-electron chi connectivity index (χ2n) is 8.18. The second-order valence-corrected chi connectivity index (χ2v) is 8.18. The third-order valence-electron chi connectivity index (χ3n) is 6.38. The van der Waals surface area contributed by atoms with Gasteiger partial charge in [-0.25, -0.2) is 0 Å². The van der Waals surface area contributed by atoms with Crippen LogP contribution in [-0.4, -0.2) is 66.9 Å². The largest absolute Gasteiger partial charge is 0.482 e. The van der Waals surface area contributed by atoms with Crippen LogP contribution in [0.15, 0.2) is 18.2 Å². The minimum atomic E-state index is -0.251. The first-order chi connectivity index (χ1) is 14.1. The van der Waals surface area contributed by atoms with Gasteiger partial charge in [-0.2, -0.15) is 0 Å². The summed E-state index contributed by atoms with van der Waals surface area (Å²) < 4.78 is 5.54. The molecule has 0 atom stereocenters. The van der Waals surface area contributed by atoms with Gasteiger partial charge < -0.3 is 14.5 Å². The molecule has 0 bridgehead atoms. The first-order valence-corrected chi connectivity index (χ1v) is 10.7. The molecule has 1 aromatic rings. The predicted octanol–water partition coefficient (Wildman–Crippen LogP) is 2.30. The molecule has 2 saturated heterocycles. The number of amides is 3. The van der Waals surface area contributed by atoms with Gasteiger partial charge in [-0.1, -0.05) is 13.3 Å². The number of carbonyl (C=O) groups is 3. The van der Waals surface area contributed by atoms with Crippen LogP contribution in [0.5, 0.6) is 5.75 Å². The highest BCUT2D eigenvalue weighted by Gasteiger charge is 2.31. The molecule has 0 radical (unpaired) electrons. The van der Waals surface area contributed by atoms with E-state index in [1.165, 1.54) is 4.90 Å². The Morgan fingerprint density at radius 2 is 1.79 bits per heavy atom. The summed E-state index contributed by atoms with van der Waals surface area (Å²) >= 11 is 0. The fourth-order valence-electron chi connectivity index (χ4n) is 4.44. The van der Waals surface area contributed by atoms with Crippen LogP contribution in [0.4, 0.5) is 5.69 Å². The molecule has 156 valence electrons. The van der Waals surface area contributed by atoms with Gasteiger partial charge in [-0.15, -0.1) is 0 Å². The fourth-order valence-corrected chi connectivity index (χ4v) is 4.44. The third-order valence-corrected chi connectivity index (χ3v) is 6.38. The number of carbonyl (C=O) groups excluding carboxylic acids is 3. The van der Waals surface area contributed by atoms with E-state index in [1.807, 2.05) is 4.90 Å². The van der Waals surface area contributed by atoms with Crippen LogP contribution in [0, 0.1) is 5.92 Å². The highest BCUT2D eigenvalue weighted by Crippen LogP contribution is 2.34. The van der Waals surface area contributed by atoms with Crippen molar-refractivity contribution in [2.75, 3.05) is 44.2 Å². The number of nitrogens with zero attached hydrogens (tertiary/aromatic N) is 3. The Labute approximate surface area is 171 Å². The lowest BCUT2D eigenvalue weighted by molar-refractivity contribution is -0.131. The molecule has 0 unspecified atom stereocenters. The lowest BCUT2D eigenvalue weighted by atomic mass is 9.94. The smallest absolute Gasteiger partial charge is 0.265 e. The maximum absolute atomic E-state index is 13.0. The van der Waals surface area contributed by atoms with Crippen molar-refractivity contribution >= 4 is 23.4 Å². The SMILES string of the molecule is CCC1CCN(C(=O)c2ccc3c(c2)N(CC(=O)N2CCCC2)C(=O)CO3)CC1. The number of anilines is 1. The van der Waals surface area contributed by atoms with E-state index in [0.717, 1.165) is 58.3 Å². The summed E-state index contributed by atoms with van der Waals surface area (Å²) in [7, 11) is 0. The number of benzene rings is 1. The molecule has 0 saturated carbocycles. The van der Waals surface area contributed by atoms with Crippen LogP contribution >= 0.6 is 0 Å². The zero-order chi connectivity index (χ0) is 20.4. The summed E-state index contributed by atoms with van der Waals surface area (Å²) in [6, 6.07) is 5.20. The fraction of sp³-hybridized carbons (Fsp3) is 0.591. The third kappa shape index (κ3) is 4.09. The van der Waals surface area contributed by atoms with E-state index < -0.39 is 0 Å². The van der Waals surface area contributed by atoms with Crippen molar-refractivity contribution < 1.29 is 19.1 Å². The quantitative estimate of drug-likeness (QED) is 0.779. The van der Waals surface area contributed by atoms with Crippen molar-refractivity contribution in [3.05, 3.63) is 23.8 Å². The van der Waals surface area contributed by atoms with Crippen LogP contribution in [0.2, 0.25) is 0 Å². The van der Waals surface area contributed by atoms with E-state index in [9.17, 15) is 14.4 Å². The van der Waals surface area contributed by atoms with Crippen LogP contribution < -0.4 is 9.64 Å². The summed E-state index contributed by atoms with van der Waals surface area (Å²) in [6.45, 7) is 5.13. The highest BCUT2D eigenvalue weighted by molar-refractivity contribution is 6.04. The number of fused-ring (bicyclic) bond motifs is 1. The molecule has 0 aromatic heterocycles. The molecule has 29 heavy (non-hydrogen) atoms. The Morgan fingerprint density at radius 1 is 1.07 bits per heavy atom. The maximum atomic E-state index is 13.0. The van der Waals surface area contributed by atoms with Gasteiger partial charge in [0.2, 0.25) is 5.91 Å². The molecule has 3 aliphatic heterocycles. The van der Waals surface area contributed by atoms with Crippen LogP contribution in [-0.2, 0) is 9.59 Å². The topological polar surface area (TPSA) is 70.2 Å². The van der Waals surface area contributed by atoms with Crippen LogP contribution in [0.1, 0.15) is 49.4 Å². The zero-order valence-corrected chi connectivity index (χ0v) is 17.1. The Hall–Kier alpha value is -2.57. The molecule has 3 amide bonds. The van der Waals surface area contributed by atoms with Crippen molar-refractivity contribution in [1.82, 2.24) is 9.80 Å². The number of hydrogen-bond acceptors (Lipinski definition) is 4. The molecule has 0 spiro atoms. The Bertz CT molecular complexity index is 795. The maximum Gasteiger partial charge on any atom is 0.265 e. The molecular weight excluding hydrogens is 370 g/mol. The van der Waals surface area contributed by atoms with E-state index in [4.69, 9.17) is 4.74 Å². The lowest BCUT2D eigenvalue weighted by Crippen LogP contribution is -2.46. The van der Waals surface area contributed by atoms with Gasteiger partial charge in [0, 0.05) is 31.7 Å². The van der Waals surface area contributed by atoms with Crippen LogP contribution in [0.25, 0.3) is 0 Å². The summed E-state index contributed by atoms with van der Waals surface area (Å²) in [4.78, 5) is 43.3. The Balaban J connectivity index is 1.52. The van der Waals surface area contributed by atoms with Gasteiger partial charge in [-0.3, -0.25) is 19.3 Å². The van der Waals surface area contributed by atoms with Crippen molar-refractivity contribution in [3.63, 3.8) is 0 Å². The van der Waals surface area contributed by atoms with Gasteiger partial charge in [0.05, 0.1) is 5.69 Å². The molecule has 0 N–H and O–H groups in total. The van der Waals surface area contributed by atoms with Crippen LogP contribution in [0.3, 0.4) is 0 Å². The molecule has 1 aromatic carbocycles. The average Bonchev–Trinajstić information content (AvgIpc) is 3.30. The monoisotopic (exact) mass is 399 g/mol. The van der Waals surface area contributed by atoms with Gasteiger partial charge in [0.25, 0.3) is 11.8 Å². The average molecular weight is 399 g/mol. The molecule has 7 nitrogen and oxygen atoms in total. The van der Waals surface area contributed by atoms with E-state index in [-0.39, 0.29) is 30.9 Å². The van der Waals surface area contributed by atoms with E-state index in [2.05, 4.69) is 6.92 Å². The van der Waals surface area contributed by atoms with E-state index >= 15 is 0 Å². The zero-order valence-electron chi connectivity index (χ0n) is 17.1. The Morgan fingerprint density at radius 3 is 2.48 bits per heavy atom. The molecule has 3 aliphatic rings. The molecule has 0 aliphatic carbocycles. The summed E-state index contributed by atoms with van der Waals surface area (Å²) in [5.74, 6) is 0.910. The summed E-state index contributed by atoms with van der Waals surface area (Å²) in [5.41, 5.74) is 1.05. The standard InChI is InChI=1S/C22H29N3O4/c1-2-16-7-11-24(12-8-16)22(28)17-5-6-19-18(13-17)25(21(27)15-29-19)14-20(26)23-9-3-4-10-23/h5-6,13,16H,2-4,7-12,14-15H2,1H3. The van der Waals surface area contributed by atoms with Gasteiger partial charge >= 0.3 is 0 Å². The van der Waals surface area contributed by atoms with Crippen molar-refractivity contribution in [3.8, 4) is 5.75 Å². The summed E-state index contributed by atoms with van der Waals surface area (Å²) in [6.07, 6.45) is 5.23. The minimum Gasteiger partial charge on any atom is -0.482 e. The van der Waals surface area contributed by atoms with E-state index in [0.29, 0.717) is 22.9 Å². The predicted molar refractivity (Wildman–Crippen MR) is 109 cm³/mol. The molecule has 4 rings (SSSR count). The number of rotatable bonds is 4. The number of hydrogen-bond donors (Lipinski definition) is 0. The number of ether oxygens (including phenoxy) is 1. The second kappa shape index (κ2) is 8.43. The minimum absolute atomic E-state index is 0.00523. The van der Waals surface area contributed by atoms with Crippen molar-refractivity contribution in [1.29, 1.82) is 0 Å².